The summed E-state index contributed by atoms with van der Waals surface area (Å²) in [5.41, 5.74) is 4.66. The molecular formula is C25H22ClN3O4. The summed E-state index contributed by atoms with van der Waals surface area (Å²) in [5, 5.41) is 14.3. The number of nitrogens with one attached hydrogen (secondary N) is 1. The second-order valence-corrected chi connectivity index (χ2v) is 7.74. The fraction of sp³-hybridized carbons (Fsp3) is 0.120. The number of imide groups is 1. The molecule has 3 aromatic carbocycles. The number of amides is 3. The second kappa shape index (κ2) is 10.6. The van der Waals surface area contributed by atoms with Crippen molar-refractivity contribution in [3.63, 3.8) is 0 Å². The Hall–Kier alpha value is -3.97. The van der Waals surface area contributed by atoms with Crippen LogP contribution >= 0.6 is 11.6 Å². The van der Waals surface area contributed by atoms with E-state index < -0.39 is 24.1 Å². The number of para-hydroxylation sites is 1. The molecule has 3 amide bonds. The summed E-state index contributed by atoms with van der Waals surface area (Å²) in [6.45, 7) is 3.50. The lowest BCUT2D eigenvalue weighted by atomic mass is 10.1. The Morgan fingerprint density at radius 3 is 2.24 bits per heavy atom. The van der Waals surface area contributed by atoms with Crippen molar-refractivity contribution in [1.29, 1.82) is 0 Å². The van der Waals surface area contributed by atoms with Gasteiger partial charge in [0.1, 0.15) is 12.2 Å². The highest BCUT2D eigenvalue weighted by molar-refractivity contribution is 6.31. The maximum absolute atomic E-state index is 13.1. The number of hydrogen-bond donors (Lipinski definition) is 2. The lowest BCUT2D eigenvalue weighted by molar-refractivity contribution is -0.127. The molecule has 0 aliphatic rings. The van der Waals surface area contributed by atoms with Crippen LogP contribution in [-0.4, -0.2) is 28.5 Å². The van der Waals surface area contributed by atoms with Crippen LogP contribution in [0.5, 0.6) is 5.75 Å². The van der Waals surface area contributed by atoms with E-state index in [1.165, 1.54) is 18.2 Å². The van der Waals surface area contributed by atoms with Gasteiger partial charge in [0.2, 0.25) is 11.8 Å². The molecule has 8 heteroatoms. The molecule has 168 valence electrons. The van der Waals surface area contributed by atoms with E-state index in [-0.39, 0.29) is 11.3 Å². The highest BCUT2D eigenvalue weighted by atomic mass is 35.5. The van der Waals surface area contributed by atoms with Crippen molar-refractivity contribution < 1.29 is 19.5 Å². The minimum atomic E-state index is -0.716. The van der Waals surface area contributed by atoms with Gasteiger partial charge in [-0.2, -0.15) is 5.10 Å². The minimum Gasteiger partial charge on any atom is -0.507 e. The van der Waals surface area contributed by atoms with Gasteiger partial charge in [0.05, 0.1) is 11.4 Å². The maximum Gasteiger partial charge on any atom is 0.265 e. The summed E-state index contributed by atoms with van der Waals surface area (Å²) in [4.78, 5) is 39.5. The minimum absolute atomic E-state index is 0.0168. The lowest BCUT2D eigenvalue weighted by Crippen LogP contribution is -2.39. The number of carbonyl (C=O) groups excluding carboxylic acids is 3. The smallest absolute Gasteiger partial charge is 0.265 e. The normalized spacial score (nSPS) is 11.1. The van der Waals surface area contributed by atoms with Crippen LogP contribution in [0.25, 0.3) is 0 Å². The first-order valence-corrected chi connectivity index (χ1v) is 10.4. The number of phenolic OH excluding ortho intramolecular Hbond substituents is 1. The number of nitrogens with zero attached hydrogens (tertiary/aromatic N) is 2. The summed E-state index contributed by atoms with van der Waals surface area (Å²) in [6.07, 6.45) is -0.606. The second-order valence-electron chi connectivity index (χ2n) is 7.30. The molecular weight excluding hydrogens is 442 g/mol. The van der Waals surface area contributed by atoms with Crippen LogP contribution in [0.15, 0.2) is 77.9 Å². The Bertz CT molecular complexity index is 1210. The van der Waals surface area contributed by atoms with E-state index in [0.29, 0.717) is 22.0 Å². The molecule has 0 aromatic heterocycles. The molecule has 0 spiro atoms. The molecule has 0 atom stereocenters. The van der Waals surface area contributed by atoms with E-state index in [0.717, 1.165) is 10.5 Å². The molecule has 2 N–H and O–H groups in total. The van der Waals surface area contributed by atoms with Gasteiger partial charge in [-0.15, -0.1) is 0 Å². The zero-order chi connectivity index (χ0) is 24.0. The number of benzene rings is 3. The quantitative estimate of drug-likeness (QED) is 0.320. The molecule has 7 nitrogen and oxygen atoms in total. The van der Waals surface area contributed by atoms with Gasteiger partial charge in [0.15, 0.2) is 0 Å². The number of hydrazone groups is 1. The fourth-order valence-electron chi connectivity index (χ4n) is 3.03. The molecule has 0 bridgehead atoms. The van der Waals surface area contributed by atoms with Gasteiger partial charge in [0, 0.05) is 16.1 Å². The van der Waals surface area contributed by atoms with E-state index in [9.17, 15) is 19.5 Å². The van der Waals surface area contributed by atoms with E-state index in [2.05, 4.69) is 10.5 Å². The molecule has 0 saturated heterocycles. The summed E-state index contributed by atoms with van der Waals surface area (Å²) in [6, 6.07) is 19.5. The van der Waals surface area contributed by atoms with Gasteiger partial charge in [-0.25, -0.2) is 10.3 Å². The number of halogens is 1. The standard InChI is InChI=1S/C25H22ClN3O4/c1-16-7-13-20(14-8-16)29(25(33)18-9-11-19(26)12-10-18)24(32)15-23(31)28-27-17(2)21-5-3-4-6-22(21)30/h3-14,30H,15H2,1-2H3,(H,28,31)/b27-17+. The monoisotopic (exact) mass is 463 g/mol. The van der Waals surface area contributed by atoms with Gasteiger partial charge in [-0.3, -0.25) is 14.4 Å². The Morgan fingerprint density at radius 1 is 0.970 bits per heavy atom. The number of carbonyl (C=O) groups is 3. The van der Waals surface area contributed by atoms with Crippen LogP contribution in [0.1, 0.15) is 34.8 Å². The number of hydrogen-bond acceptors (Lipinski definition) is 5. The Morgan fingerprint density at radius 2 is 1.61 bits per heavy atom. The summed E-state index contributed by atoms with van der Waals surface area (Å²) < 4.78 is 0. The van der Waals surface area contributed by atoms with Crippen LogP contribution in [0, 0.1) is 6.92 Å². The molecule has 3 rings (SSSR count). The van der Waals surface area contributed by atoms with Crippen LogP contribution in [0.3, 0.4) is 0 Å². The van der Waals surface area contributed by atoms with E-state index in [1.807, 2.05) is 6.92 Å². The summed E-state index contributed by atoms with van der Waals surface area (Å²) in [7, 11) is 0. The Kier molecular flexibility index (Phi) is 7.58. The first kappa shape index (κ1) is 23.7. The largest absolute Gasteiger partial charge is 0.507 e. The summed E-state index contributed by atoms with van der Waals surface area (Å²) in [5.74, 6) is -1.98. The molecule has 0 saturated carbocycles. The predicted molar refractivity (Wildman–Crippen MR) is 128 cm³/mol. The highest BCUT2D eigenvalue weighted by Gasteiger charge is 2.26. The van der Waals surface area contributed by atoms with E-state index in [4.69, 9.17) is 11.6 Å². The number of anilines is 1. The molecule has 0 unspecified atom stereocenters. The van der Waals surface area contributed by atoms with E-state index >= 15 is 0 Å². The average Bonchev–Trinajstić information content (AvgIpc) is 2.79. The maximum atomic E-state index is 13.1. The molecule has 0 radical (unpaired) electrons. The van der Waals surface area contributed by atoms with E-state index in [1.54, 1.807) is 61.5 Å². The highest BCUT2D eigenvalue weighted by Crippen LogP contribution is 2.21. The van der Waals surface area contributed by atoms with Crippen LogP contribution < -0.4 is 10.3 Å². The van der Waals surface area contributed by atoms with Gasteiger partial charge >= 0.3 is 0 Å². The number of aryl methyl sites for hydroxylation is 1. The Labute approximate surface area is 196 Å². The van der Waals surface area contributed by atoms with Crippen molar-refractivity contribution in [3.05, 3.63) is 94.5 Å². The van der Waals surface area contributed by atoms with Crippen molar-refractivity contribution in [2.75, 3.05) is 4.90 Å². The first-order valence-electron chi connectivity index (χ1n) is 10.1. The third-order valence-electron chi connectivity index (χ3n) is 4.79. The van der Waals surface area contributed by atoms with Crippen LogP contribution in [0.4, 0.5) is 5.69 Å². The summed E-state index contributed by atoms with van der Waals surface area (Å²) >= 11 is 5.90. The zero-order valence-corrected chi connectivity index (χ0v) is 18.8. The molecule has 0 fully saturated rings. The number of aromatic hydroxyl groups is 1. The van der Waals surface area contributed by atoms with Gasteiger partial charge < -0.3 is 5.11 Å². The van der Waals surface area contributed by atoms with Gasteiger partial charge in [0.25, 0.3) is 5.91 Å². The lowest BCUT2D eigenvalue weighted by Gasteiger charge is -2.21. The predicted octanol–water partition coefficient (Wildman–Crippen LogP) is 4.46. The van der Waals surface area contributed by atoms with Crippen molar-refractivity contribution in [2.24, 2.45) is 5.10 Å². The van der Waals surface area contributed by atoms with Crippen molar-refractivity contribution >= 4 is 40.7 Å². The third-order valence-corrected chi connectivity index (χ3v) is 5.04. The fourth-order valence-corrected chi connectivity index (χ4v) is 3.16. The average molecular weight is 464 g/mol. The van der Waals surface area contributed by atoms with Crippen molar-refractivity contribution in [2.45, 2.75) is 20.3 Å². The first-order chi connectivity index (χ1) is 15.8. The third kappa shape index (κ3) is 6.05. The number of rotatable bonds is 6. The van der Waals surface area contributed by atoms with Crippen molar-refractivity contribution in [3.8, 4) is 5.75 Å². The van der Waals surface area contributed by atoms with Gasteiger partial charge in [-0.1, -0.05) is 41.4 Å². The van der Waals surface area contributed by atoms with Crippen molar-refractivity contribution in [1.82, 2.24) is 5.43 Å². The topological polar surface area (TPSA) is 99.1 Å². The molecule has 0 aliphatic heterocycles. The van der Waals surface area contributed by atoms with Gasteiger partial charge in [-0.05, 0) is 62.4 Å². The molecule has 0 heterocycles. The van der Waals surface area contributed by atoms with Crippen LogP contribution in [-0.2, 0) is 9.59 Å². The zero-order valence-electron chi connectivity index (χ0n) is 18.1. The number of phenols is 1. The molecule has 3 aromatic rings. The molecule has 33 heavy (non-hydrogen) atoms. The SMILES string of the molecule is C/C(=N\NC(=O)CC(=O)N(C(=O)c1ccc(Cl)cc1)c1ccc(C)cc1)c1ccccc1O. The Balaban J connectivity index is 1.79. The molecule has 0 aliphatic carbocycles. The van der Waals surface area contributed by atoms with Crippen LogP contribution in [0.2, 0.25) is 5.02 Å².